The average molecular weight is 349 g/mol. The molecule has 0 spiro atoms. The number of ketones is 1. The highest BCUT2D eigenvalue weighted by Crippen LogP contribution is 2.22. The zero-order valence-corrected chi connectivity index (χ0v) is 13.9. The number of carbonyl (C=O) groups excluding carboxylic acids is 2. The number of benzene rings is 2. The summed E-state index contributed by atoms with van der Waals surface area (Å²) in [4.78, 5) is 23.9. The molecule has 1 amide bonds. The number of carbonyl (C=O) groups is 2. The molecular formula is C18H17F2NO2S. The van der Waals surface area contributed by atoms with E-state index in [1.54, 1.807) is 0 Å². The average Bonchev–Trinajstić information content (AvgIpc) is 2.54. The molecule has 0 saturated heterocycles. The van der Waals surface area contributed by atoms with Crippen molar-refractivity contribution in [1.29, 1.82) is 0 Å². The Labute approximate surface area is 143 Å². The molecule has 2 aromatic rings. The number of rotatable bonds is 7. The van der Waals surface area contributed by atoms with Crippen LogP contribution >= 0.6 is 11.8 Å². The number of hydrogen-bond donors (Lipinski definition) is 1. The third-order valence-corrected chi connectivity index (χ3v) is 4.41. The lowest BCUT2D eigenvalue weighted by Gasteiger charge is -2.16. The molecule has 0 heterocycles. The minimum absolute atomic E-state index is 0.0544. The molecule has 0 saturated carbocycles. The van der Waals surface area contributed by atoms with E-state index in [0.717, 1.165) is 29.5 Å². The first-order valence-corrected chi connectivity index (χ1v) is 8.36. The fourth-order valence-corrected chi connectivity index (χ4v) is 2.85. The number of Topliss-reactive ketones (excluding diaryl/α,β-unsaturated/α-hetero) is 1. The zero-order valence-electron chi connectivity index (χ0n) is 13.1. The summed E-state index contributed by atoms with van der Waals surface area (Å²) in [6.07, 6.45) is 0.400. The van der Waals surface area contributed by atoms with Crippen molar-refractivity contribution in [3.05, 3.63) is 65.7 Å². The van der Waals surface area contributed by atoms with Crippen LogP contribution in [0.15, 0.2) is 53.4 Å². The van der Waals surface area contributed by atoms with Crippen LogP contribution in [-0.2, 0) is 16.0 Å². The molecule has 126 valence electrons. The summed E-state index contributed by atoms with van der Waals surface area (Å²) < 4.78 is 26.4. The second kappa shape index (κ2) is 8.59. The predicted molar refractivity (Wildman–Crippen MR) is 89.8 cm³/mol. The molecule has 2 aromatic carbocycles. The van der Waals surface area contributed by atoms with Crippen molar-refractivity contribution in [2.75, 3.05) is 5.75 Å². The highest BCUT2D eigenvalue weighted by Gasteiger charge is 2.18. The molecule has 0 bridgehead atoms. The second-order valence-corrected chi connectivity index (χ2v) is 6.30. The van der Waals surface area contributed by atoms with E-state index in [1.165, 1.54) is 13.0 Å². The molecule has 0 aliphatic rings. The quantitative estimate of drug-likeness (QED) is 0.780. The van der Waals surface area contributed by atoms with Gasteiger partial charge in [-0.3, -0.25) is 9.59 Å². The first-order valence-electron chi connectivity index (χ1n) is 7.37. The molecule has 0 aliphatic carbocycles. The lowest BCUT2D eigenvalue weighted by molar-refractivity contribution is -0.125. The van der Waals surface area contributed by atoms with Crippen molar-refractivity contribution < 1.29 is 18.4 Å². The summed E-state index contributed by atoms with van der Waals surface area (Å²) in [5, 5.41) is 2.66. The summed E-state index contributed by atoms with van der Waals surface area (Å²) in [6.45, 7) is 1.42. The van der Waals surface area contributed by atoms with E-state index in [4.69, 9.17) is 0 Å². The van der Waals surface area contributed by atoms with E-state index in [-0.39, 0.29) is 22.3 Å². The summed E-state index contributed by atoms with van der Waals surface area (Å²) >= 11 is 0.959. The van der Waals surface area contributed by atoms with E-state index >= 15 is 0 Å². The van der Waals surface area contributed by atoms with Crippen LogP contribution in [0.25, 0.3) is 0 Å². The smallest absolute Gasteiger partial charge is 0.230 e. The molecule has 3 nitrogen and oxygen atoms in total. The van der Waals surface area contributed by atoms with Crippen LogP contribution in [0.3, 0.4) is 0 Å². The van der Waals surface area contributed by atoms with E-state index in [2.05, 4.69) is 5.32 Å². The Hall–Kier alpha value is -2.21. The monoisotopic (exact) mass is 349 g/mol. The SMILES string of the molecule is CC(=O)[C@H](Cc1ccccc1)NC(=O)CSc1ccc(F)cc1F. The Morgan fingerprint density at radius 1 is 1.12 bits per heavy atom. The van der Waals surface area contributed by atoms with Gasteiger partial charge in [-0.05, 0) is 31.0 Å². The van der Waals surface area contributed by atoms with Crippen LogP contribution in [0.2, 0.25) is 0 Å². The normalized spacial score (nSPS) is 11.8. The summed E-state index contributed by atoms with van der Waals surface area (Å²) in [5.41, 5.74) is 0.940. The lowest BCUT2D eigenvalue weighted by atomic mass is 10.0. The third-order valence-electron chi connectivity index (χ3n) is 3.36. The summed E-state index contributed by atoms with van der Waals surface area (Å²) in [7, 11) is 0. The molecule has 24 heavy (non-hydrogen) atoms. The molecule has 1 N–H and O–H groups in total. The van der Waals surface area contributed by atoms with Crippen molar-refractivity contribution in [3.8, 4) is 0 Å². The van der Waals surface area contributed by atoms with Gasteiger partial charge >= 0.3 is 0 Å². The van der Waals surface area contributed by atoms with Gasteiger partial charge in [0, 0.05) is 11.0 Å². The van der Waals surface area contributed by atoms with Gasteiger partial charge < -0.3 is 5.32 Å². The third kappa shape index (κ3) is 5.45. The van der Waals surface area contributed by atoms with Gasteiger partial charge in [-0.25, -0.2) is 8.78 Å². The first-order chi connectivity index (χ1) is 11.5. The largest absolute Gasteiger partial charge is 0.345 e. The number of halogens is 2. The van der Waals surface area contributed by atoms with Gasteiger partial charge in [0.1, 0.15) is 11.6 Å². The molecule has 6 heteroatoms. The number of amides is 1. The first kappa shape index (κ1) is 18.1. The number of thioether (sulfide) groups is 1. The summed E-state index contributed by atoms with van der Waals surface area (Å²) in [6, 6.07) is 11.9. The van der Waals surface area contributed by atoms with Crippen molar-refractivity contribution in [3.63, 3.8) is 0 Å². The minimum Gasteiger partial charge on any atom is -0.345 e. The summed E-state index contributed by atoms with van der Waals surface area (Å²) in [5.74, 6) is -1.95. The van der Waals surface area contributed by atoms with Gasteiger partial charge in [-0.2, -0.15) is 0 Å². The maximum atomic E-state index is 13.5. The predicted octanol–water partition coefficient (Wildman–Crippen LogP) is 3.37. The Balaban J connectivity index is 1.92. The van der Waals surface area contributed by atoms with Crippen LogP contribution in [-0.4, -0.2) is 23.5 Å². The van der Waals surface area contributed by atoms with Crippen LogP contribution in [0, 0.1) is 11.6 Å². The van der Waals surface area contributed by atoms with Crippen LogP contribution in [0.5, 0.6) is 0 Å². The Morgan fingerprint density at radius 2 is 1.83 bits per heavy atom. The van der Waals surface area contributed by atoms with Crippen LogP contribution < -0.4 is 5.32 Å². The number of nitrogens with one attached hydrogen (secondary N) is 1. The van der Waals surface area contributed by atoms with Crippen molar-refractivity contribution in [2.24, 2.45) is 0 Å². The molecule has 1 atom stereocenters. The van der Waals surface area contributed by atoms with E-state index in [0.29, 0.717) is 6.42 Å². The maximum Gasteiger partial charge on any atom is 0.230 e. The highest BCUT2D eigenvalue weighted by molar-refractivity contribution is 8.00. The molecule has 0 radical (unpaired) electrons. The zero-order chi connectivity index (χ0) is 17.5. The van der Waals surface area contributed by atoms with Crippen molar-refractivity contribution in [1.82, 2.24) is 5.32 Å². The minimum atomic E-state index is -0.708. The Morgan fingerprint density at radius 3 is 2.46 bits per heavy atom. The topological polar surface area (TPSA) is 46.2 Å². The van der Waals surface area contributed by atoms with Gasteiger partial charge in [0.25, 0.3) is 0 Å². The van der Waals surface area contributed by atoms with Gasteiger partial charge in [-0.15, -0.1) is 11.8 Å². The molecular weight excluding hydrogens is 332 g/mol. The van der Waals surface area contributed by atoms with Crippen LogP contribution in [0.1, 0.15) is 12.5 Å². The number of hydrogen-bond acceptors (Lipinski definition) is 3. The van der Waals surface area contributed by atoms with Gasteiger partial charge in [-0.1, -0.05) is 30.3 Å². The van der Waals surface area contributed by atoms with Crippen LogP contribution in [0.4, 0.5) is 8.78 Å². The van der Waals surface area contributed by atoms with Gasteiger partial charge in [0.2, 0.25) is 5.91 Å². The van der Waals surface area contributed by atoms with E-state index in [9.17, 15) is 18.4 Å². The molecule has 2 rings (SSSR count). The Bertz CT molecular complexity index is 722. The van der Waals surface area contributed by atoms with Crippen molar-refractivity contribution >= 4 is 23.5 Å². The van der Waals surface area contributed by atoms with E-state index < -0.39 is 17.7 Å². The molecule has 0 unspecified atom stereocenters. The molecule has 0 aliphatic heterocycles. The second-order valence-electron chi connectivity index (χ2n) is 5.28. The molecule has 0 fully saturated rings. The van der Waals surface area contributed by atoms with Crippen molar-refractivity contribution in [2.45, 2.75) is 24.3 Å². The fraction of sp³-hybridized carbons (Fsp3) is 0.222. The fourth-order valence-electron chi connectivity index (χ4n) is 2.12. The Kier molecular flexibility index (Phi) is 6.49. The van der Waals surface area contributed by atoms with E-state index in [1.807, 2.05) is 30.3 Å². The van der Waals surface area contributed by atoms with Gasteiger partial charge in [0.05, 0.1) is 11.8 Å². The van der Waals surface area contributed by atoms with Gasteiger partial charge in [0.15, 0.2) is 5.78 Å². The molecule has 0 aromatic heterocycles. The standard InChI is InChI=1S/C18H17F2NO2S/c1-12(22)16(9-13-5-3-2-4-6-13)21-18(23)11-24-17-8-7-14(19)10-15(17)20/h2-8,10,16H,9,11H2,1H3,(H,21,23)/t16-/m0/s1. The highest BCUT2D eigenvalue weighted by atomic mass is 32.2. The lowest BCUT2D eigenvalue weighted by Crippen LogP contribution is -2.42. The maximum absolute atomic E-state index is 13.5.